The lowest BCUT2D eigenvalue weighted by Gasteiger charge is -2.20. The number of rotatable bonds is 8. The molecule has 1 aliphatic heterocycles. The zero-order chi connectivity index (χ0) is 14.2. The number of nitrogens with two attached hydrogens (primary N) is 1. The van der Waals surface area contributed by atoms with Gasteiger partial charge < -0.3 is 24.7 Å². The first-order valence-electron chi connectivity index (χ1n) is 7.14. The molecule has 5 nitrogen and oxygen atoms in total. The average molecular weight is 281 g/mol. The van der Waals surface area contributed by atoms with Gasteiger partial charge in [0.05, 0.1) is 19.8 Å². The van der Waals surface area contributed by atoms with E-state index in [9.17, 15) is 0 Å². The number of ether oxygens (including phenoxy) is 4. The predicted octanol–water partition coefficient (Wildman–Crippen LogP) is 2.37. The van der Waals surface area contributed by atoms with Crippen LogP contribution >= 0.6 is 0 Å². The molecule has 1 aromatic rings. The van der Waals surface area contributed by atoms with Crippen LogP contribution in [0.5, 0.6) is 11.5 Å². The number of nitrogen functional groups attached to an aromatic ring is 1. The molecule has 0 radical (unpaired) electrons. The Bertz CT molecular complexity index is 423. The van der Waals surface area contributed by atoms with Crippen LogP contribution in [0.3, 0.4) is 0 Å². The van der Waals surface area contributed by atoms with Crippen molar-refractivity contribution in [3.63, 3.8) is 0 Å². The number of anilines is 1. The SMILES string of the molecule is CCCCOCCOCc1cc2c(cc1N)OCCO2. The summed E-state index contributed by atoms with van der Waals surface area (Å²) in [6.07, 6.45) is 2.24. The van der Waals surface area contributed by atoms with E-state index >= 15 is 0 Å². The lowest BCUT2D eigenvalue weighted by Crippen LogP contribution is -2.16. The van der Waals surface area contributed by atoms with Gasteiger partial charge in [-0.25, -0.2) is 0 Å². The Morgan fingerprint density at radius 1 is 1.05 bits per heavy atom. The third-order valence-electron chi connectivity index (χ3n) is 3.08. The molecule has 0 bridgehead atoms. The largest absolute Gasteiger partial charge is 0.486 e. The minimum Gasteiger partial charge on any atom is -0.486 e. The van der Waals surface area contributed by atoms with Crippen LogP contribution in [0, 0.1) is 0 Å². The van der Waals surface area contributed by atoms with E-state index in [0.29, 0.717) is 44.5 Å². The quantitative estimate of drug-likeness (QED) is 0.585. The van der Waals surface area contributed by atoms with Gasteiger partial charge in [0.25, 0.3) is 0 Å². The van der Waals surface area contributed by atoms with Crippen molar-refractivity contribution in [2.24, 2.45) is 0 Å². The number of hydrogen-bond donors (Lipinski definition) is 1. The number of benzene rings is 1. The molecule has 2 rings (SSSR count). The van der Waals surface area contributed by atoms with E-state index in [0.717, 1.165) is 30.8 Å². The van der Waals surface area contributed by atoms with E-state index in [1.165, 1.54) is 0 Å². The second kappa shape index (κ2) is 7.97. The number of fused-ring (bicyclic) bond motifs is 1. The van der Waals surface area contributed by atoms with Crippen LogP contribution in [0.2, 0.25) is 0 Å². The fourth-order valence-electron chi connectivity index (χ4n) is 1.92. The number of hydrogen-bond acceptors (Lipinski definition) is 5. The molecule has 112 valence electrons. The summed E-state index contributed by atoms with van der Waals surface area (Å²) in [5, 5.41) is 0. The molecular formula is C15H23NO4. The van der Waals surface area contributed by atoms with Crippen molar-refractivity contribution in [2.45, 2.75) is 26.4 Å². The molecule has 0 atom stereocenters. The maximum Gasteiger partial charge on any atom is 0.163 e. The summed E-state index contributed by atoms with van der Waals surface area (Å²) in [6, 6.07) is 3.69. The first-order chi connectivity index (χ1) is 9.81. The summed E-state index contributed by atoms with van der Waals surface area (Å²) < 4.78 is 22.0. The van der Waals surface area contributed by atoms with Crippen molar-refractivity contribution in [1.82, 2.24) is 0 Å². The van der Waals surface area contributed by atoms with Gasteiger partial charge in [0.1, 0.15) is 13.2 Å². The molecule has 0 saturated carbocycles. The highest BCUT2D eigenvalue weighted by Crippen LogP contribution is 2.34. The number of unbranched alkanes of at least 4 members (excludes halogenated alkanes) is 1. The van der Waals surface area contributed by atoms with E-state index in [-0.39, 0.29) is 0 Å². The van der Waals surface area contributed by atoms with Crippen LogP contribution in [0.4, 0.5) is 5.69 Å². The lowest BCUT2D eigenvalue weighted by atomic mass is 10.1. The minimum atomic E-state index is 0.458. The smallest absolute Gasteiger partial charge is 0.163 e. The fraction of sp³-hybridized carbons (Fsp3) is 0.600. The van der Waals surface area contributed by atoms with Crippen LogP contribution < -0.4 is 15.2 Å². The van der Waals surface area contributed by atoms with Crippen molar-refractivity contribution in [2.75, 3.05) is 38.8 Å². The lowest BCUT2D eigenvalue weighted by molar-refractivity contribution is 0.0397. The molecule has 0 amide bonds. The van der Waals surface area contributed by atoms with E-state index < -0.39 is 0 Å². The molecule has 5 heteroatoms. The van der Waals surface area contributed by atoms with Gasteiger partial charge in [0, 0.05) is 23.9 Å². The summed E-state index contributed by atoms with van der Waals surface area (Å²) in [5.74, 6) is 1.45. The highest BCUT2D eigenvalue weighted by atomic mass is 16.6. The maximum absolute atomic E-state index is 5.98. The van der Waals surface area contributed by atoms with E-state index in [4.69, 9.17) is 24.7 Å². The third-order valence-corrected chi connectivity index (χ3v) is 3.08. The molecule has 0 unspecified atom stereocenters. The van der Waals surface area contributed by atoms with Crippen molar-refractivity contribution in [3.8, 4) is 11.5 Å². The maximum atomic E-state index is 5.98. The molecule has 0 saturated heterocycles. The summed E-state index contributed by atoms with van der Waals surface area (Å²) in [4.78, 5) is 0. The van der Waals surface area contributed by atoms with Gasteiger partial charge in [0.15, 0.2) is 11.5 Å². The van der Waals surface area contributed by atoms with Crippen molar-refractivity contribution in [1.29, 1.82) is 0 Å². The average Bonchev–Trinajstić information content (AvgIpc) is 2.46. The zero-order valence-corrected chi connectivity index (χ0v) is 12.0. The van der Waals surface area contributed by atoms with Crippen LogP contribution in [0.1, 0.15) is 25.3 Å². The molecule has 20 heavy (non-hydrogen) atoms. The minimum absolute atomic E-state index is 0.458. The van der Waals surface area contributed by atoms with Crippen LogP contribution in [-0.4, -0.2) is 33.0 Å². The Hall–Kier alpha value is -1.46. The predicted molar refractivity (Wildman–Crippen MR) is 77.2 cm³/mol. The zero-order valence-electron chi connectivity index (χ0n) is 12.0. The molecule has 1 aliphatic rings. The summed E-state index contributed by atoms with van der Waals surface area (Å²) in [5.41, 5.74) is 7.57. The van der Waals surface area contributed by atoms with E-state index in [1.807, 2.05) is 6.07 Å². The summed E-state index contributed by atoms with van der Waals surface area (Å²) >= 11 is 0. The summed E-state index contributed by atoms with van der Waals surface area (Å²) in [6.45, 7) is 5.72. The highest BCUT2D eigenvalue weighted by molar-refractivity contribution is 5.58. The van der Waals surface area contributed by atoms with Crippen molar-refractivity contribution < 1.29 is 18.9 Å². The molecule has 0 aromatic heterocycles. The van der Waals surface area contributed by atoms with Crippen molar-refractivity contribution >= 4 is 5.69 Å². The van der Waals surface area contributed by atoms with E-state index in [2.05, 4.69) is 6.92 Å². The summed E-state index contributed by atoms with van der Waals surface area (Å²) in [7, 11) is 0. The molecule has 1 aromatic carbocycles. The Labute approximate surface area is 120 Å². The second-order valence-electron chi connectivity index (χ2n) is 4.71. The normalized spacial score (nSPS) is 13.4. The Kier molecular flexibility index (Phi) is 5.95. The van der Waals surface area contributed by atoms with Gasteiger partial charge in [-0.15, -0.1) is 0 Å². The Morgan fingerprint density at radius 3 is 2.50 bits per heavy atom. The second-order valence-corrected chi connectivity index (χ2v) is 4.71. The molecule has 0 spiro atoms. The molecule has 0 fully saturated rings. The first kappa shape index (κ1) is 14.9. The Balaban J connectivity index is 1.75. The van der Waals surface area contributed by atoms with Gasteiger partial charge >= 0.3 is 0 Å². The first-order valence-corrected chi connectivity index (χ1v) is 7.14. The van der Waals surface area contributed by atoms with Crippen LogP contribution in [0.25, 0.3) is 0 Å². The van der Waals surface area contributed by atoms with Gasteiger partial charge in [-0.2, -0.15) is 0 Å². The monoisotopic (exact) mass is 281 g/mol. The van der Waals surface area contributed by atoms with Crippen molar-refractivity contribution in [3.05, 3.63) is 17.7 Å². The fourth-order valence-corrected chi connectivity index (χ4v) is 1.92. The highest BCUT2D eigenvalue weighted by Gasteiger charge is 2.14. The van der Waals surface area contributed by atoms with E-state index in [1.54, 1.807) is 6.07 Å². The Morgan fingerprint density at radius 2 is 1.75 bits per heavy atom. The molecule has 1 heterocycles. The van der Waals surface area contributed by atoms with Gasteiger partial charge in [-0.3, -0.25) is 0 Å². The molecular weight excluding hydrogens is 258 g/mol. The standard InChI is InChI=1S/C15H23NO4/c1-2-3-4-17-5-6-18-11-12-9-14-15(10-13(12)16)20-8-7-19-14/h9-10H,2-8,11,16H2,1H3. The van der Waals surface area contributed by atoms with Crippen LogP contribution in [0.15, 0.2) is 12.1 Å². The molecule has 0 aliphatic carbocycles. The molecule has 2 N–H and O–H groups in total. The van der Waals surface area contributed by atoms with Gasteiger partial charge in [0.2, 0.25) is 0 Å². The van der Waals surface area contributed by atoms with Gasteiger partial charge in [-0.1, -0.05) is 13.3 Å². The third kappa shape index (κ3) is 4.28. The van der Waals surface area contributed by atoms with Gasteiger partial charge in [-0.05, 0) is 12.5 Å². The topological polar surface area (TPSA) is 62.9 Å². The van der Waals surface area contributed by atoms with Crippen LogP contribution in [-0.2, 0) is 16.1 Å².